The van der Waals surface area contributed by atoms with Gasteiger partial charge in [-0.25, -0.2) is 0 Å². The Labute approximate surface area is 120 Å². The minimum absolute atomic E-state index is 0.0126. The Hall–Kier alpha value is -1.00. The molecule has 0 saturated carbocycles. The van der Waals surface area contributed by atoms with E-state index in [2.05, 4.69) is 17.9 Å². The van der Waals surface area contributed by atoms with Gasteiger partial charge in [-0.3, -0.25) is 4.79 Å². The van der Waals surface area contributed by atoms with Crippen molar-refractivity contribution in [3.8, 4) is 0 Å². The number of hydrogen-bond acceptors (Lipinski definition) is 3. The van der Waals surface area contributed by atoms with Gasteiger partial charge >= 0.3 is 0 Å². The molecule has 1 heterocycles. The Bertz CT molecular complexity index is 390. The maximum Gasteiger partial charge on any atom is 0.233 e. The zero-order valence-electron chi connectivity index (χ0n) is 11.0. The van der Waals surface area contributed by atoms with E-state index in [0.29, 0.717) is 13.0 Å². The standard InChI is InChI=1S/C15H21NO2S/c17-15(16-11-13-8-4-5-9-18-13)14(19)10-12-6-2-1-3-7-12/h1-3,6-7,13-14,19H,4-5,8-11H2,(H,16,17). The summed E-state index contributed by atoms with van der Waals surface area (Å²) in [4.78, 5) is 11.9. The van der Waals surface area contributed by atoms with Crippen molar-refractivity contribution < 1.29 is 9.53 Å². The maximum atomic E-state index is 11.9. The number of hydrogen-bond donors (Lipinski definition) is 2. The summed E-state index contributed by atoms with van der Waals surface area (Å²) in [5.41, 5.74) is 1.13. The van der Waals surface area contributed by atoms with E-state index in [0.717, 1.165) is 25.0 Å². The van der Waals surface area contributed by atoms with Gasteiger partial charge in [0, 0.05) is 13.2 Å². The molecule has 1 saturated heterocycles. The molecule has 0 spiro atoms. The zero-order chi connectivity index (χ0) is 13.5. The number of benzene rings is 1. The summed E-state index contributed by atoms with van der Waals surface area (Å²) in [7, 11) is 0. The second kappa shape index (κ2) is 7.56. The Balaban J connectivity index is 1.73. The van der Waals surface area contributed by atoms with E-state index in [1.165, 1.54) is 6.42 Å². The van der Waals surface area contributed by atoms with Crippen molar-refractivity contribution in [1.29, 1.82) is 0 Å². The van der Waals surface area contributed by atoms with Crippen LogP contribution in [-0.2, 0) is 16.0 Å². The van der Waals surface area contributed by atoms with Gasteiger partial charge in [-0.15, -0.1) is 0 Å². The quantitative estimate of drug-likeness (QED) is 0.811. The Kier molecular flexibility index (Phi) is 5.73. The number of thiol groups is 1. The second-order valence-electron chi connectivity index (χ2n) is 4.94. The lowest BCUT2D eigenvalue weighted by Crippen LogP contribution is -2.39. The molecule has 1 aliphatic rings. The topological polar surface area (TPSA) is 38.3 Å². The predicted octanol–water partition coefficient (Wildman–Crippen LogP) is 2.21. The van der Waals surface area contributed by atoms with E-state index in [4.69, 9.17) is 4.74 Å². The van der Waals surface area contributed by atoms with Gasteiger partial charge in [0.2, 0.25) is 5.91 Å². The molecule has 1 fully saturated rings. The molecular weight excluding hydrogens is 258 g/mol. The third-order valence-corrected chi connectivity index (χ3v) is 3.77. The number of carbonyl (C=O) groups is 1. The van der Waals surface area contributed by atoms with Gasteiger partial charge in [-0.05, 0) is 31.2 Å². The van der Waals surface area contributed by atoms with Crippen LogP contribution in [0, 0.1) is 0 Å². The monoisotopic (exact) mass is 279 g/mol. The van der Waals surface area contributed by atoms with Crippen LogP contribution in [0.4, 0.5) is 0 Å². The minimum atomic E-state index is -0.300. The van der Waals surface area contributed by atoms with Crippen LogP contribution < -0.4 is 5.32 Å². The lowest BCUT2D eigenvalue weighted by molar-refractivity contribution is -0.121. The van der Waals surface area contributed by atoms with Crippen molar-refractivity contribution in [2.24, 2.45) is 0 Å². The van der Waals surface area contributed by atoms with E-state index >= 15 is 0 Å². The van der Waals surface area contributed by atoms with Gasteiger partial charge in [-0.1, -0.05) is 30.3 Å². The smallest absolute Gasteiger partial charge is 0.233 e. The van der Waals surface area contributed by atoms with Crippen LogP contribution >= 0.6 is 12.6 Å². The van der Waals surface area contributed by atoms with Crippen LogP contribution in [0.15, 0.2) is 30.3 Å². The Morgan fingerprint density at radius 1 is 1.37 bits per heavy atom. The molecule has 4 heteroatoms. The van der Waals surface area contributed by atoms with Gasteiger partial charge in [-0.2, -0.15) is 12.6 Å². The van der Waals surface area contributed by atoms with E-state index < -0.39 is 0 Å². The van der Waals surface area contributed by atoms with Crippen molar-refractivity contribution in [3.05, 3.63) is 35.9 Å². The molecule has 1 N–H and O–H groups in total. The predicted molar refractivity (Wildman–Crippen MR) is 79.5 cm³/mol. The summed E-state index contributed by atoms with van der Waals surface area (Å²) in [6.07, 6.45) is 4.19. The second-order valence-corrected chi connectivity index (χ2v) is 5.56. The van der Waals surface area contributed by atoms with Crippen LogP contribution in [0.25, 0.3) is 0 Å². The third-order valence-electron chi connectivity index (χ3n) is 3.35. The molecule has 1 aromatic carbocycles. The number of nitrogens with one attached hydrogen (secondary N) is 1. The first-order valence-electron chi connectivity index (χ1n) is 6.87. The van der Waals surface area contributed by atoms with E-state index in [1.54, 1.807) is 0 Å². The molecule has 19 heavy (non-hydrogen) atoms. The van der Waals surface area contributed by atoms with Crippen molar-refractivity contribution in [1.82, 2.24) is 5.32 Å². The minimum Gasteiger partial charge on any atom is -0.376 e. The van der Waals surface area contributed by atoms with E-state index in [1.807, 2.05) is 30.3 Å². The fourth-order valence-electron chi connectivity index (χ4n) is 2.23. The Morgan fingerprint density at radius 2 is 2.16 bits per heavy atom. The van der Waals surface area contributed by atoms with E-state index in [9.17, 15) is 4.79 Å². The highest BCUT2D eigenvalue weighted by Crippen LogP contribution is 2.12. The molecule has 3 nitrogen and oxygen atoms in total. The summed E-state index contributed by atoms with van der Waals surface area (Å²) in [6.45, 7) is 1.42. The molecule has 1 aromatic rings. The SMILES string of the molecule is O=C(NCC1CCCCO1)C(S)Cc1ccccc1. The first-order valence-corrected chi connectivity index (χ1v) is 7.38. The first kappa shape index (κ1) is 14.4. The molecule has 0 bridgehead atoms. The molecule has 0 radical (unpaired) electrons. The average Bonchev–Trinajstić information content (AvgIpc) is 2.47. The number of rotatable bonds is 5. The van der Waals surface area contributed by atoms with Gasteiger partial charge in [0.1, 0.15) is 0 Å². The van der Waals surface area contributed by atoms with Crippen LogP contribution in [-0.4, -0.2) is 30.4 Å². The molecule has 2 rings (SSSR count). The fraction of sp³-hybridized carbons (Fsp3) is 0.533. The van der Waals surface area contributed by atoms with Gasteiger partial charge in [0.05, 0.1) is 11.4 Å². The molecular formula is C15H21NO2S. The fourth-order valence-corrected chi connectivity index (χ4v) is 2.53. The Morgan fingerprint density at radius 3 is 2.84 bits per heavy atom. The summed E-state index contributed by atoms with van der Waals surface area (Å²) < 4.78 is 5.59. The summed E-state index contributed by atoms with van der Waals surface area (Å²) in [6, 6.07) is 9.95. The van der Waals surface area contributed by atoms with Crippen LogP contribution in [0.2, 0.25) is 0 Å². The van der Waals surface area contributed by atoms with Crippen molar-refractivity contribution in [3.63, 3.8) is 0 Å². The first-order chi connectivity index (χ1) is 9.25. The van der Waals surface area contributed by atoms with Crippen molar-refractivity contribution >= 4 is 18.5 Å². The molecule has 0 aromatic heterocycles. The molecule has 2 unspecified atom stereocenters. The third kappa shape index (κ3) is 4.88. The van der Waals surface area contributed by atoms with Crippen LogP contribution in [0.1, 0.15) is 24.8 Å². The van der Waals surface area contributed by atoms with Gasteiger partial charge in [0.15, 0.2) is 0 Å². The summed E-state index contributed by atoms with van der Waals surface area (Å²) >= 11 is 4.38. The van der Waals surface area contributed by atoms with Crippen LogP contribution in [0.5, 0.6) is 0 Å². The average molecular weight is 279 g/mol. The van der Waals surface area contributed by atoms with Gasteiger partial charge < -0.3 is 10.1 Å². The molecule has 2 atom stereocenters. The van der Waals surface area contributed by atoms with E-state index in [-0.39, 0.29) is 17.3 Å². The van der Waals surface area contributed by atoms with Gasteiger partial charge in [0.25, 0.3) is 0 Å². The summed E-state index contributed by atoms with van der Waals surface area (Å²) in [5, 5.41) is 2.63. The number of amides is 1. The highest BCUT2D eigenvalue weighted by Gasteiger charge is 2.18. The van der Waals surface area contributed by atoms with Crippen molar-refractivity contribution in [2.75, 3.05) is 13.2 Å². The number of ether oxygens (including phenoxy) is 1. The largest absolute Gasteiger partial charge is 0.376 e. The molecule has 1 amide bonds. The maximum absolute atomic E-state index is 11.9. The molecule has 104 valence electrons. The van der Waals surface area contributed by atoms with Crippen LogP contribution in [0.3, 0.4) is 0 Å². The highest BCUT2D eigenvalue weighted by atomic mass is 32.1. The molecule has 1 aliphatic heterocycles. The normalized spacial score (nSPS) is 20.8. The lowest BCUT2D eigenvalue weighted by atomic mass is 10.1. The van der Waals surface area contributed by atoms with Crippen molar-refractivity contribution in [2.45, 2.75) is 37.0 Å². The number of carbonyl (C=O) groups excluding carboxylic acids is 1. The zero-order valence-corrected chi connectivity index (χ0v) is 11.9. The summed E-state index contributed by atoms with van der Waals surface area (Å²) in [5.74, 6) is -0.0126. The molecule has 0 aliphatic carbocycles. The highest BCUT2D eigenvalue weighted by molar-refractivity contribution is 7.81. The lowest BCUT2D eigenvalue weighted by Gasteiger charge is -2.23.